The van der Waals surface area contributed by atoms with Gasteiger partial charge in [0.2, 0.25) is 0 Å². The Hall–Kier alpha value is -2.28. The minimum atomic E-state index is -0.0834. The summed E-state index contributed by atoms with van der Waals surface area (Å²) >= 11 is 1.47. The molecule has 1 unspecified atom stereocenters. The normalized spacial score (nSPS) is 15.6. The maximum absolute atomic E-state index is 13.3. The first-order chi connectivity index (χ1) is 14.2. The monoisotopic (exact) mass is 428 g/mol. The Morgan fingerprint density at radius 3 is 2.73 bits per heavy atom. The van der Waals surface area contributed by atoms with Crippen molar-refractivity contribution in [1.82, 2.24) is 9.97 Å². The van der Waals surface area contributed by atoms with Crippen molar-refractivity contribution >= 4 is 29.2 Å². The second kappa shape index (κ2) is 9.25. The fourth-order valence-corrected chi connectivity index (χ4v) is 3.73. The number of rotatable bonds is 6. The standard InChI is InChI=1S/C23H32N4O2S/c1-16(10-11-23(2,3)4)29-18-9-7-8-17(14-18)27-13-12-26(5)20-19(21(27)28)15-24-22(25-20)30-6/h7-9,14-16H,10-13H2,1-6H3. The summed E-state index contributed by atoms with van der Waals surface area (Å²) in [5.74, 6) is 1.39. The molecule has 0 bridgehead atoms. The highest BCUT2D eigenvalue weighted by Gasteiger charge is 2.28. The van der Waals surface area contributed by atoms with Gasteiger partial charge in [0.25, 0.3) is 5.91 Å². The topological polar surface area (TPSA) is 58.6 Å². The minimum absolute atomic E-state index is 0.0834. The molecule has 2 aromatic rings. The van der Waals surface area contributed by atoms with Crippen molar-refractivity contribution in [1.29, 1.82) is 0 Å². The fraction of sp³-hybridized carbons (Fsp3) is 0.522. The predicted molar refractivity (Wildman–Crippen MR) is 124 cm³/mol. The summed E-state index contributed by atoms with van der Waals surface area (Å²) in [4.78, 5) is 26.0. The van der Waals surface area contributed by atoms with E-state index >= 15 is 0 Å². The van der Waals surface area contributed by atoms with Gasteiger partial charge in [-0.05, 0) is 43.6 Å². The molecule has 6 nitrogen and oxygen atoms in total. The SMILES string of the molecule is CSc1ncc2c(n1)N(C)CCN(c1cccc(OC(C)CCC(C)(C)C)c1)C2=O. The Morgan fingerprint density at radius 2 is 2.03 bits per heavy atom. The van der Waals surface area contributed by atoms with E-state index in [1.54, 1.807) is 11.1 Å². The summed E-state index contributed by atoms with van der Waals surface area (Å²) in [6, 6.07) is 7.80. The quantitative estimate of drug-likeness (QED) is 0.482. The summed E-state index contributed by atoms with van der Waals surface area (Å²) in [5, 5.41) is 0.668. The molecule has 0 N–H and O–H groups in total. The van der Waals surface area contributed by atoms with Gasteiger partial charge < -0.3 is 14.5 Å². The number of thioether (sulfide) groups is 1. The van der Waals surface area contributed by atoms with Crippen LogP contribution in [0.3, 0.4) is 0 Å². The molecule has 3 rings (SSSR count). The van der Waals surface area contributed by atoms with Gasteiger partial charge in [-0.1, -0.05) is 38.6 Å². The molecular formula is C23H32N4O2S. The number of amides is 1. The molecular weight excluding hydrogens is 396 g/mol. The highest BCUT2D eigenvalue weighted by Crippen LogP contribution is 2.29. The Labute approximate surface area is 184 Å². The van der Waals surface area contributed by atoms with Crippen LogP contribution in [0.5, 0.6) is 5.75 Å². The molecule has 0 saturated heterocycles. The molecule has 7 heteroatoms. The van der Waals surface area contributed by atoms with Gasteiger partial charge in [0.1, 0.15) is 17.1 Å². The van der Waals surface area contributed by atoms with Gasteiger partial charge in [0.05, 0.1) is 6.10 Å². The van der Waals surface area contributed by atoms with Crippen molar-refractivity contribution in [2.45, 2.75) is 51.8 Å². The number of carbonyl (C=O) groups is 1. The largest absolute Gasteiger partial charge is 0.491 e. The lowest BCUT2D eigenvalue weighted by atomic mass is 9.89. The van der Waals surface area contributed by atoms with E-state index in [-0.39, 0.29) is 17.4 Å². The van der Waals surface area contributed by atoms with Crippen molar-refractivity contribution < 1.29 is 9.53 Å². The van der Waals surface area contributed by atoms with Crippen LogP contribution in [0.15, 0.2) is 35.6 Å². The number of nitrogens with zero attached hydrogens (tertiary/aromatic N) is 4. The van der Waals surface area contributed by atoms with Gasteiger partial charge in [0.15, 0.2) is 5.16 Å². The average molecular weight is 429 g/mol. The second-order valence-electron chi connectivity index (χ2n) is 9.00. The van der Waals surface area contributed by atoms with E-state index in [0.29, 0.717) is 29.6 Å². The third-order valence-corrected chi connectivity index (χ3v) is 5.75. The van der Waals surface area contributed by atoms with Crippen molar-refractivity contribution in [2.75, 3.05) is 36.2 Å². The molecule has 30 heavy (non-hydrogen) atoms. The Kier molecular flexibility index (Phi) is 6.91. The van der Waals surface area contributed by atoms with E-state index in [2.05, 4.69) is 37.7 Å². The van der Waals surface area contributed by atoms with E-state index in [1.165, 1.54) is 11.8 Å². The van der Waals surface area contributed by atoms with E-state index in [9.17, 15) is 4.79 Å². The van der Waals surface area contributed by atoms with Gasteiger partial charge in [-0.25, -0.2) is 9.97 Å². The first kappa shape index (κ1) is 22.4. The minimum Gasteiger partial charge on any atom is -0.491 e. The summed E-state index contributed by atoms with van der Waals surface area (Å²) in [5.41, 5.74) is 1.64. The van der Waals surface area contributed by atoms with Crippen LogP contribution in [0.4, 0.5) is 11.5 Å². The Bertz CT molecular complexity index is 897. The molecule has 1 aromatic carbocycles. The molecule has 0 spiro atoms. The zero-order chi connectivity index (χ0) is 21.9. The predicted octanol–water partition coefficient (Wildman–Crippen LogP) is 4.89. The van der Waals surface area contributed by atoms with Gasteiger partial charge in [-0.3, -0.25) is 4.79 Å². The zero-order valence-electron chi connectivity index (χ0n) is 18.8. The molecule has 0 fully saturated rings. The number of carbonyl (C=O) groups excluding carboxylic acids is 1. The number of aromatic nitrogens is 2. The van der Waals surface area contributed by atoms with Gasteiger partial charge >= 0.3 is 0 Å². The highest BCUT2D eigenvalue weighted by molar-refractivity contribution is 7.98. The second-order valence-corrected chi connectivity index (χ2v) is 9.77. The number of hydrogen-bond acceptors (Lipinski definition) is 6. The van der Waals surface area contributed by atoms with Gasteiger partial charge in [0, 0.05) is 38.1 Å². The van der Waals surface area contributed by atoms with Crippen LogP contribution >= 0.6 is 11.8 Å². The van der Waals surface area contributed by atoms with Crippen LogP contribution in [0.25, 0.3) is 0 Å². The van der Waals surface area contributed by atoms with Crippen molar-refractivity contribution in [3.63, 3.8) is 0 Å². The van der Waals surface area contributed by atoms with Gasteiger partial charge in [-0.15, -0.1) is 0 Å². The molecule has 1 amide bonds. The van der Waals surface area contributed by atoms with Crippen LogP contribution in [0, 0.1) is 5.41 Å². The van der Waals surface area contributed by atoms with E-state index in [4.69, 9.17) is 4.74 Å². The molecule has 0 aliphatic carbocycles. The lowest BCUT2D eigenvalue weighted by molar-refractivity contribution is 0.0989. The number of anilines is 2. The summed E-state index contributed by atoms with van der Waals surface area (Å²) in [6.45, 7) is 10.1. The number of fused-ring (bicyclic) bond motifs is 1. The fourth-order valence-electron chi connectivity index (χ4n) is 3.40. The number of hydrogen-bond donors (Lipinski definition) is 0. The maximum atomic E-state index is 13.3. The van der Waals surface area contributed by atoms with E-state index < -0.39 is 0 Å². The molecule has 0 radical (unpaired) electrons. The lowest BCUT2D eigenvalue weighted by Crippen LogP contribution is -2.33. The molecule has 1 aromatic heterocycles. The highest BCUT2D eigenvalue weighted by atomic mass is 32.2. The van der Waals surface area contributed by atoms with Gasteiger partial charge in [-0.2, -0.15) is 0 Å². The third kappa shape index (κ3) is 5.45. The molecule has 0 saturated carbocycles. The maximum Gasteiger partial charge on any atom is 0.263 e. The van der Waals surface area contributed by atoms with Crippen LogP contribution in [0.2, 0.25) is 0 Å². The molecule has 2 heterocycles. The molecule has 1 aliphatic rings. The Balaban J connectivity index is 1.80. The van der Waals surface area contributed by atoms with Crippen molar-refractivity contribution in [2.24, 2.45) is 5.41 Å². The van der Waals surface area contributed by atoms with Crippen molar-refractivity contribution in [3.8, 4) is 5.75 Å². The average Bonchev–Trinajstić information content (AvgIpc) is 2.83. The van der Waals surface area contributed by atoms with Crippen molar-refractivity contribution in [3.05, 3.63) is 36.0 Å². The first-order valence-corrected chi connectivity index (χ1v) is 11.6. The molecule has 162 valence electrons. The summed E-state index contributed by atoms with van der Waals surface area (Å²) in [7, 11) is 1.96. The third-order valence-electron chi connectivity index (χ3n) is 5.19. The lowest BCUT2D eigenvalue weighted by Gasteiger charge is -2.24. The van der Waals surface area contributed by atoms with E-state index in [1.807, 2.05) is 42.5 Å². The van der Waals surface area contributed by atoms with Crippen LogP contribution in [0.1, 0.15) is 50.9 Å². The van der Waals surface area contributed by atoms with Crippen LogP contribution in [-0.2, 0) is 0 Å². The summed E-state index contributed by atoms with van der Waals surface area (Å²) in [6.07, 6.45) is 5.77. The number of likely N-dealkylation sites (N-methyl/N-ethyl adjacent to an activating group) is 1. The van der Waals surface area contributed by atoms with Crippen LogP contribution < -0.4 is 14.5 Å². The number of benzene rings is 1. The Morgan fingerprint density at radius 1 is 1.27 bits per heavy atom. The zero-order valence-corrected chi connectivity index (χ0v) is 19.6. The molecule has 1 atom stereocenters. The smallest absolute Gasteiger partial charge is 0.263 e. The molecule has 1 aliphatic heterocycles. The van der Waals surface area contributed by atoms with Crippen LogP contribution in [-0.4, -0.2) is 48.4 Å². The van der Waals surface area contributed by atoms with E-state index in [0.717, 1.165) is 24.3 Å². The number of ether oxygens (including phenoxy) is 1. The first-order valence-electron chi connectivity index (χ1n) is 10.4. The summed E-state index contributed by atoms with van der Waals surface area (Å²) < 4.78 is 6.15.